The Balaban J connectivity index is 1.55. The number of hydrogen-bond acceptors (Lipinski definition) is 4. The van der Waals surface area contributed by atoms with Crippen molar-refractivity contribution in [3.8, 4) is 0 Å². The van der Waals surface area contributed by atoms with Crippen molar-refractivity contribution in [2.75, 3.05) is 5.75 Å². The summed E-state index contributed by atoms with van der Waals surface area (Å²) in [4.78, 5) is 19.5. The first-order valence-electron chi connectivity index (χ1n) is 7.66. The zero-order valence-electron chi connectivity index (χ0n) is 12.7. The van der Waals surface area contributed by atoms with Crippen LogP contribution in [-0.2, 0) is 11.0 Å². The highest BCUT2D eigenvalue weighted by molar-refractivity contribution is 7.99. The van der Waals surface area contributed by atoms with Gasteiger partial charge in [0.2, 0.25) is 5.91 Å². The van der Waals surface area contributed by atoms with E-state index in [4.69, 9.17) is 0 Å². The van der Waals surface area contributed by atoms with Gasteiger partial charge < -0.3 is 5.32 Å². The zero-order chi connectivity index (χ0) is 16.6. The maximum Gasteiger partial charge on any atom is 0.433 e. The fraction of sp³-hybridized carbons (Fsp3) is 0.667. The SMILES string of the molecule is Cc1cc(C(F)(F)F)nc(SCC(=O)N[C@@H]2C[C@@H]3CC[C@H]2C3)n1. The van der Waals surface area contributed by atoms with E-state index in [9.17, 15) is 18.0 Å². The minimum atomic E-state index is -4.51. The van der Waals surface area contributed by atoms with Crippen molar-refractivity contribution < 1.29 is 18.0 Å². The molecule has 3 atom stereocenters. The minimum Gasteiger partial charge on any atom is -0.352 e. The Kier molecular flexibility index (Phi) is 4.53. The maximum atomic E-state index is 12.7. The van der Waals surface area contributed by atoms with Crippen LogP contribution in [0.5, 0.6) is 0 Å². The molecule has 8 heteroatoms. The molecule has 1 aromatic heterocycles. The molecule has 0 aliphatic heterocycles. The largest absolute Gasteiger partial charge is 0.433 e. The molecule has 23 heavy (non-hydrogen) atoms. The first-order valence-corrected chi connectivity index (χ1v) is 8.65. The molecule has 0 saturated heterocycles. The lowest BCUT2D eigenvalue weighted by atomic mass is 9.95. The number of carbonyl (C=O) groups is 1. The van der Waals surface area contributed by atoms with Crippen LogP contribution in [0.15, 0.2) is 11.2 Å². The van der Waals surface area contributed by atoms with Crippen molar-refractivity contribution in [3.05, 3.63) is 17.5 Å². The van der Waals surface area contributed by atoms with Crippen LogP contribution < -0.4 is 5.32 Å². The van der Waals surface area contributed by atoms with Crippen LogP contribution in [0.1, 0.15) is 37.1 Å². The molecule has 1 amide bonds. The third-order valence-corrected chi connectivity index (χ3v) is 5.39. The van der Waals surface area contributed by atoms with E-state index in [1.54, 1.807) is 0 Å². The second-order valence-corrected chi connectivity index (χ2v) is 7.25. The van der Waals surface area contributed by atoms with Gasteiger partial charge >= 0.3 is 6.18 Å². The Morgan fingerprint density at radius 1 is 1.35 bits per heavy atom. The molecule has 2 aliphatic rings. The number of halogens is 3. The van der Waals surface area contributed by atoms with Crippen molar-refractivity contribution in [2.24, 2.45) is 11.8 Å². The molecule has 0 radical (unpaired) electrons. The summed E-state index contributed by atoms with van der Waals surface area (Å²) in [5.41, 5.74) is -0.732. The van der Waals surface area contributed by atoms with Gasteiger partial charge in [0.05, 0.1) is 5.75 Å². The van der Waals surface area contributed by atoms with Gasteiger partial charge in [-0.1, -0.05) is 18.2 Å². The average molecular weight is 345 g/mol. The van der Waals surface area contributed by atoms with Crippen LogP contribution in [0.4, 0.5) is 13.2 Å². The number of aryl methyl sites for hydroxylation is 1. The van der Waals surface area contributed by atoms with Gasteiger partial charge in [0.1, 0.15) is 5.69 Å². The lowest BCUT2D eigenvalue weighted by Gasteiger charge is -2.22. The third-order valence-electron chi connectivity index (χ3n) is 4.54. The number of fused-ring (bicyclic) bond motifs is 2. The van der Waals surface area contributed by atoms with Gasteiger partial charge in [-0.15, -0.1) is 0 Å². The van der Waals surface area contributed by atoms with Gasteiger partial charge in [0.15, 0.2) is 5.16 Å². The number of carbonyl (C=O) groups excluding carboxylic acids is 1. The number of rotatable bonds is 4. The summed E-state index contributed by atoms with van der Waals surface area (Å²) in [6.45, 7) is 1.48. The molecular formula is C15H18F3N3OS. The molecule has 0 spiro atoms. The molecule has 0 unspecified atom stereocenters. The zero-order valence-corrected chi connectivity index (χ0v) is 13.5. The number of nitrogens with zero attached hydrogens (tertiary/aromatic N) is 2. The number of aromatic nitrogens is 2. The summed E-state index contributed by atoms with van der Waals surface area (Å²) in [5, 5.41) is 2.99. The number of hydrogen-bond donors (Lipinski definition) is 1. The van der Waals surface area contributed by atoms with E-state index >= 15 is 0 Å². The first-order chi connectivity index (χ1) is 10.8. The van der Waals surface area contributed by atoms with Crippen LogP contribution >= 0.6 is 11.8 Å². The van der Waals surface area contributed by atoms with E-state index in [0.29, 0.717) is 5.92 Å². The highest BCUT2D eigenvalue weighted by Crippen LogP contribution is 2.44. The summed E-state index contributed by atoms with van der Waals surface area (Å²) < 4.78 is 38.2. The predicted octanol–water partition coefficient (Wildman–Crippen LogP) is 3.20. The quantitative estimate of drug-likeness (QED) is 0.673. The molecule has 1 aromatic rings. The van der Waals surface area contributed by atoms with Crippen molar-refractivity contribution in [1.29, 1.82) is 0 Å². The Hall–Kier alpha value is -1.31. The van der Waals surface area contributed by atoms with Crippen LogP contribution in [-0.4, -0.2) is 27.7 Å². The Morgan fingerprint density at radius 2 is 2.13 bits per heavy atom. The highest BCUT2D eigenvalue weighted by Gasteiger charge is 2.40. The van der Waals surface area contributed by atoms with Gasteiger partial charge in [-0.25, -0.2) is 9.97 Å². The topological polar surface area (TPSA) is 54.9 Å². The fourth-order valence-corrected chi connectivity index (χ4v) is 4.27. The van der Waals surface area contributed by atoms with Crippen LogP contribution in [0.2, 0.25) is 0 Å². The lowest BCUT2D eigenvalue weighted by Crippen LogP contribution is -2.39. The van der Waals surface area contributed by atoms with Gasteiger partial charge in [0, 0.05) is 11.7 Å². The van der Waals surface area contributed by atoms with E-state index in [-0.39, 0.29) is 28.6 Å². The molecule has 2 fully saturated rings. The summed E-state index contributed by atoms with van der Waals surface area (Å²) >= 11 is 0.942. The molecule has 3 rings (SSSR count). The van der Waals surface area contributed by atoms with Crippen LogP contribution in [0, 0.1) is 18.8 Å². The molecule has 2 aliphatic carbocycles. The number of thioether (sulfide) groups is 1. The summed E-state index contributed by atoms with van der Waals surface area (Å²) in [6, 6.07) is 1.13. The standard InChI is InChI=1S/C15H18F3N3OS/c1-8-4-12(15(16,17)18)21-14(19-8)23-7-13(22)20-11-6-9-2-3-10(11)5-9/h4,9-11H,2-3,5-7H2,1H3,(H,20,22)/t9-,10+,11-/m1/s1. The van der Waals surface area contributed by atoms with Crippen LogP contribution in [0.3, 0.4) is 0 Å². The van der Waals surface area contributed by atoms with Crippen molar-refractivity contribution >= 4 is 17.7 Å². The normalized spacial score (nSPS) is 26.5. The number of nitrogens with one attached hydrogen (secondary N) is 1. The van der Waals surface area contributed by atoms with E-state index < -0.39 is 11.9 Å². The predicted molar refractivity (Wildman–Crippen MR) is 79.9 cm³/mol. The molecule has 1 N–H and O–H groups in total. The van der Waals surface area contributed by atoms with E-state index in [0.717, 1.165) is 30.2 Å². The van der Waals surface area contributed by atoms with E-state index in [1.165, 1.54) is 26.2 Å². The smallest absolute Gasteiger partial charge is 0.352 e. The Bertz CT molecular complexity index is 608. The van der Waals surface area contributed by atoms with Gasteiger partial charge in [0.25, 0.3) is 0 Å². The lowest BCUT2D eigenvalue weighted by molar-refractivity contribution is -0.141. The monoisotopic (exact) mass is 345 g/mol. The molecule has 4 nitrogen and oxygen atoms in total. The van der Waals surface area contributed by atoms with Crippen molar-refractivity contribution in [3.63, 3.8) is 0 Å². The van der Waals surface area contributed by atoms with Crippen molar-refractivity contribution in [2.45, 2.75) is 50.0 Å². The molecule has 2 bridgehead atoms. The van der Waals surface area contributed by atoms with Crippen molar-refractivity contribution in [1.82, 2.24) is 15.3 Å². The molecule has 126 valence electrons. The summed E-state index contributed by atoms with van der Waals surface area (Å²) in [7, 11) is 0. The number of alkyl halides is 3. The van der Waals surface area contributed by atoms with E-state index in [2.05, 4.69) is 15.3 Å². The second kappa shape index (κ2) is 6.30. The van der Waals surface area contributed by atoms with Gasteiger partial charge in [-0.3, -0.25) is 4.79 Å². The number of amides is 1. The third kappa shape index (κ3) is 3.97. The highest BCUT2D eigenvalue weighted by atomic mass is 32.2. The molecular weight excluding hydrogens is 327 g/mol. The molecule has 1 heterocycles. The Morgan fingerprint density at radius 3 is 2.74 bits per heavy atom. The average Bonchev–Trinajstić information content (AvgIpc) is 3.06. The Labute approximate surface area is 136 Å². The fourth-order valence-electron chi connectivity index (χ4n) is 3.55. The first kappa shape index (κ1) is 16.5. The molecule has 2 saturated carbocycles. The summed E-state index contributed by atoms with van der Waals surface area (Å²) in [5.74, 6) is 1.17. The van der Waals surface area contributed by atoms with E-state index in [1.807, 2.05) is 0 Å². The van der Waals surface area contributed by atoms with Gasteiger partial charge in [-0.2, -0.15) is 13.2 Å². The maximum absolute atomic E-state index is 12.7. The van der Waals surface area contributed by atoms with Crippen LogP contribution in [0.25, 0.3) is 0 Å². The van der Waals surface area contributed by atoms with Gasteiger partial charge in [-0.05, 0) is 44.1 Å². The second-order valence-electron chi connectivity index (χ2n) is 6.31. The summed E-state index contributed by atoms with van der Waals surface area (Å²) in [6.07, 6.45) is 0.129. The minimum absolute atomic E-state index is 0.0135. The molecule has 0 aromatic carbocycles.